The number of fused-ring (bicyclic) bond motifs is 2. The Hall–Kier alpha value is -3.12. The van der Waals surface area contributed by atoms with Gasteiger partial charge in [0.2, 0.25) is 0 Å². The number of nitrogens with zero attached hydrogens (tertiary/aromatic N) is 3. The maximum atomic E-state index is 12.8. The van der Waals surface area contributed by atoms with Crippen LogP contribution in [-0.4, -0.2) is 19.9 Å². The van der Waals surface area contributed by atoms with Crippen LogP contribution in [0.1, 0.15) is 16.1 Å². The molecule has 4 aromatic rings. The highest BCUT2D eigenvalue weighted by atomic mass is 35.5. The zero-order chi connectivity index (χ0) is 18.4. The topological polar surface area (TPSA) is 68.4 Å². The van der Waals surface area contributed by atoms with Crippen molar-refractivity contribution >= 4 is 39.9 Å². The minimum Gasteiger partial charge on any atom is -0.324 e. The average Bonchev–Trinajstić information content (AvgIpc) is 2.95. The standard InChI is InChI=1S/C19H15ClN4O2/c1-11-7-8-16-22-17-12(19(26)24(16)10-11)9-15(23(17)2)18(25)21-14-6-4-3-5-13(14)20/h3-10H,1-2H3,(H,21,25). The number of carbonyl (C=O) groups excluding carboxylic acids is 1. The summed E-state index contributed by atoms with van der Waals surface area (Å²) in [7, 11) is 1.71. The number of hydrogen-bond acceptors (Lipinski definition) is 3. The minimum atomic E-state index is -0.358. The minimum absolute atomic E-state index is 0.207. The van der Waals surface area contributed by atoms with Gasteiger partial charge < -0.3 is 9.88 Å². The molecule has 1 aromatic carbocycles. The molecule has 0 aliphatic carbocycles. The quantitative estimate of drug-likeness (QED) is 0.591. The van der Waals surface area contributed by atoms with Crippen molar-refractivity contribution in [2.45, 2.75) is 6.92 Å². The van der Waals surface area contributed by atoms with E-state index in [1.807, 2.05) is 13.0 Å². The molecule has 0 aliphatic rings. The van der Waals surface area contributed by atoms with Gasteiger partial charge in [0.15, 0.2) is 0 Å². The summed E-state index contributed by atoms with van der Waals surface area (Å²) in [6, 6.07) is 12.2. The molecule has 6 nitrogen and oxygen atoms in total. The predicted molar refractivity (Wildman–Crippen MR) is 102 cm³/mol. The maximum Gasteiger partial charge on any atom is 0.272 e. The van der Waals surface area contributed by atoms with E-state index >= 15 is 0 Å². The van der Waals surface area contributed by atoms with E-state index < -0.39 is 0 Å². The van der Waals surface area contributed by atoms with Crippen LogP contribution in [0.4, 0.5) is 5.69 Å². The largest absolute Gasteiger partial charge is 0.324 e. The number of para-hydroxylation sites is 1. The van der Waals surface area contributed by atoms with Crippen molar-refractivity contribution in [1.82, 2.24) is 14.0 Å². The first-order chi connectivity index (χ1) is 12.5. The fourth-order valence-electron chi connectivity index (χ4n) is 2.94. The Bertz CT molecular complexity index is 1240. The van der Waals surface area contributed by atoms with Gasteiger partial charge in [-0.3, -0.25) is 14.0 Å². The molecule has 0 spiro atoms. The van der Waals surface area contributed by atoms with Gasteiger partial charge in [0.25, 0.3) is 11.5 Å². The van der Waals surface area contributed by atoms with Crippen LogP contribution in [0, 0.1) is 6.92 Å². The van der Waals surface area contributed by atoms with Crippen molar-refractivity contribution in [3.63, 3.8) is 0 Å². The van der Waals surface area contributed by atoms with Crippen molar-refractivity contribution in [1.29, 1.82) is 0 Å². The van der Waals surface area contributed by atoms with Gasteiger partial charge in [0, 0.05) is 13.2 Å². The fraction of sp³-hybridized carbons (Fsp3) is 0.105. The highest BCUT2D eigenvalue weighted by Gasteiger charge is 2.18. The number of rotatable bonds is 2. The van der Waals surface area contributed by atoms with Crippen molar-refractivity contribution in [3.8, 4) is 0 Å². The number of hydrogen-bond donors (Lipinski definition) is 1. The zero-order valence-corrected chi connectivity index (χ0v) is 14.9. The lowest BCUT2D eigenvalue weighted by Gasteiger charge is -2.07. The average molecular weight is 367 g/mol. The summed E-state index contributed by atoms with van der Waals surface area (Å²) in [5, 5.41) is 3.60. The molecule has 0 bridgehead atoms. The Kier molecular flexibility index (Phi) is 3.77. The summed E-state index contributed by atoms with van der Waals surface area (Å²) in [5.74, 6) is -0.358. The molecule has 0 unspecified atom stereocenters. The van der Waals surface area contributed by atoms with Crippen LogP contribution in [0.25, 0.3) is 16.7 Å². The second kappa shape index (κ2) is 6.00. The zero-order valence-electron chi connectivity index (χ0n) is 14.2. The second-order valence-electron chi connectivity index (χ2n) is 6.11. The third kappa shape index (κ3) is 2.55. The fourth-order valence-corrected chi connectivity index (χ4v) is 3.13. The van der Waals surface area contributed by atoms with E-state index in [1.165, 1.54) is 4.40 Å². The number of benzene rings is 1. The van der Waals surface area contributed by atoms with E-state index in [4.69, 9.17) is 11.6 Å². The van der Waals surface area contributed by atoms with Crippen LogP contribution < -0.4 is 10.9 Å². The maximum absolute atomic E-state index is 12.8. The summed E-state index contributed by atoms with van der Waals surface area (Å²) >= 11 is 6.10. The summed E-state index contributed by atoms with van der Waals surface area (Å²) in [5.41, 5.74) is 2.58. The van der Waals surface area contributed by atoms with Crippen LogP contribution in [-0.2, 0) is 7.05 Å². The number of aromatic nitrogens is 3. The Morgan fingerprint density at radius 2 is 1.96 bits per heavy atom. The lowest BCUT2D eigenvalue weighted by atomic mass is 10.3. The first kappa shape index (κ1) is 16.4. The van der Waals surface area contributed by atoms with Gasteiger partial charge >= 0.3 is 0 Å². The molecule has 1 amide bonds. The third-order valence-electron chi connectivity index (χ3n) is 4.30. The molecule has 0 atom stereocenters. The second-order valence-corrected chi connectivity index (χ2v) is 6.52. The Labute approximate surface area is 153 Å². The normalized spacial score (nSPS) is 11.2. The van der Waals surface area contributed by atoms with E-state index in [1.54, 1.807) is 54.2 Å². The number of anilines is 1. The van der Waals surface area contributed by atoms with Crippen LogP contribution in [0.5, 0.6) is 0 Å². The molecule has 130 valence electrons. The molecular weight excluding hydrogens is 352 g/mol. The summed E-state index contributed by atoms with van der Waals surface area (Å²) < 4.78 is 3.11. The molecule has 1 N–H and O–H groups in total. The number of pyridine rings is 1. The first-order valence-corrected chi connectivity index (χ1v) is 8.38. The van der Waals surface area contributed by atoms with Gasteiger partial charge in [-0.25, -0.2) is 4.98 Å². The number of halogens is 1. The molecule has 0 saturated heterocycles. The smallest absolute Gasteiger partial charge is 0.272 e. The molecule has 3 heterocycles. The lowest BCUT2D eigenvalue weighted by molar-refractivity contribution is 0.101. The third-order valence-corrected chi connectivity index (χ3v) is 4.63. The van der Waals surface area contributed by atoms with E-state index in [0.717, 1.165) is 5.56 Å². The number of carbonyl (C=O) groups is 1. The predicted octanol–water partition coefficient (Wildman–Crippen LogP) is 3.40. The Morgan fingerprint density at radius 1 is 1.19 bits per heavy atom. The van der Waals surface area contributed by atoms with Gasteiger partial charge in [0.05, 0.1) is 16.1 Å². The van der Waals surface area contributed by atoms with Gasteiger partial charge in [-0.05, 0) is 36.8 Å². The van der Waals surface area contributed by atoms with Crippen LogP contribution in [0.3, 0.4) is 0 Å². The highest BCUT2D eigenvalue weighted by Crippen LogP contribution is 2.22. The molecule has 7 heteroatoms. The van der Waals surface area contributed by atoms with E-state index in [2.05, 4.69) is 10.3 Å². The van der Waals surface area contributed by atoms with E-state index in [-0.39, 0.29) is 11.5 Å². The summed E-state index contributed by atoms with van der Waals surface area (Å²) in [6.45, 7) is 1.91. The lowest BCUT2D eigenvalue weighted by Crippen LogP contribution is -2.16. The van der Waals surface area contributed by atoms with Crippen molar-refractivity contribution in [2.24, 2.45) is 7.05 Å². The molecule has 0 fully saturated rings. The number of nitrogens with one attached hydrogen (secondary N) is 1. The highest BCUT2D eigenvalue weighted by molar-refractivity contribution is 6.33. The Morgan fingerprint density at radius 3 is 2.73 bits per heavy atom. The Balaban J connectivity index is 1.86. The molecule has 4 rings (SSSR count). The first-order valence-electron chi connectivity index (χ1n) is 8.00. The number of amides is 1. The SMILES string of the molecule is Cc1ccc2nc3c(cc(C(=O)Nc4ccccc4Cl)n3C)c(=O)n2c1. The van der Waals surface area contributed by atoms with Crippen LogP contribution in [0.2, 0.25) is 5.02 Å². The summed E-state index contributed by atoms with van der Waals surface area (Å²) in [4.78, 5) is 30.0. The van der Waals surface area contributed by atoms with Gasteiger partial charge in [-0.15, -0.1) is 0 Å². The van der Waals surface area contributed by atoms with Crippen molar-refractivity contribution < 1.29 is 4.79 Å². The van der Waals surface area contributed by atoms with Gasteiger partial charge in [-0.2, -0.15) is 0 Å². The molecule has 0 radical (unpaired) electrons. The molecule has 3 aromatic heterocycles. The summed E-state index contributed by atoms with van der Waals surface area (Å²) in [6.07, 6.45) is 1.74. The number of aryl methyl sites for hydroxylation is 2. The van der Waals surface area contributed by atoms with E-state index in [0.29, 0.717) is 33.1 Å². The molecule has 0 saturated carbocycles. The molecule has 0 aliphatic heterocycles. The van der Waals surface area contributed by atoms with Gasteiger partial charge in [-0.1, -0.05) is 29.8 Å². The van der Waals surface area contributed by atoms with E-state index in [9.17, 15) is 9.59 Å². The molecule has 26 heavy (non-hydrogen) atoms. The van der Waals surface area contributed by atoms with Crippen LogP contribution >= 0.6 is 11.6 Å². The monoisotopic (exact) mass is 366 g/mol. The van der Waals surface area contributed by atoms with Gasteiger partial charge in [0.1, 0.15) is 17.0 Å². The molecular formula is C19H15ClN4O2. The van der Waals surface area contributed by atoms with Crippen molar-refractivity contribution in [2.75, 3.05) is 5.32 Å². The van der Waals surface area contributed by atoms with Crippen molar-refractivity contribution in [3.05, 3.63) is 75.3 Å². The van der Waals surface area contributed by atoms with Crippen LogP contribution in [0.15, 0.2) is 53.5 Å².